The Hall–Kier alpha value is -3.13. The molecule has 0 amide bonds. The van der Waals surface area contributed by atoms with E-state index in [0.29, 0.717) is 0 Å². The number of aromatic nitrogens is 1. The van der Waals surface area contributed by atoms with Crippen LogP contribution in [0.5, 0.6) is 5.75 Å². The molecule has 1 aromatic heterocycles. The lowest BCUT2D eigenvalue weighted by atomic mass is 9.97. The molecule has 0 saturated carbocycles. The Kier molecular flexibility index (Phi) is 3.95. The molecule has 122 valence electrons. The number of ether oxygens (including phenoxy) is 1. The van der Waals surface area contributed by atoms with E-state index in [1.165, 1.54) is 22.1 Å². The van der Waals surface area contributed by atoms with Crippen molar-refractivity contribution >= 4 is 10.9 Å². The number of hydrogen-bond donors (Lipinski definition) is 0. The topological polar surface area (TPSA) is 22.1 Å². The highest BCUT2D eigenvalue weighted by molar-refractivity contribution is 5.97. The van der Waals surface area contributed by atoms with E-state index in [4.69, 9.17) is 9.72 Å². The number of methoxy groups -OCH3 is 1. The average Bonchev–Trinajstić information content (AvgIpc) is 2.68. The predicted molar refractivity (Wildman–Crippen MR) is 104 cm³/mol. The van der Waals surface area contributed by atoms with Gasteiger partial charge in [0.25, 0.3) is 0 Å². The highest BCUT2D eigenvalue weighted by Crippen LogP contribution is 2.33. The van der Waals surface area contributed by atoms with Gasteiger partial charge in [-0.05, 0) is 60.5 Å². The van der Waals surface area contributed by atoms with E-state index < -0.39 is 0 Å². The molecule has 0 unspecified atom stereocenters. The lowest BCUT2D eigenvalue weighted by Gasteiger charge is -2.11. The number of rotatable bonds is 3. The minimum Gasteiger partial charge on any atom is -0.497 e. The van der Waals surface area contributed by atoms with Crippen LogP contribution in [0.2, 0.25) is 0 Å². The van der Waals surface area contributed by atoms with Crippen LogP contribution in [0.25, 0.3) is 33.3 Å². The summed E-state index contributed by atoms with van der Waals surface area (Å²) in [7, 11) is 1.68. The SMILES string of the molecule is COc1ccc(-c2cc(-c3ccccc3)c3cc(C)ccc3n2)cc1. The second-order valence-electron chi connectivity index (χ2n) is 6.17. The molecule has 2 nitrogen and oxygen atoms in total. The quantitative estimate of drug-likeness (QED) is 0.469. The van der Waals surface area contributed by atoms with Crippen molar-refractivity contribution in [3.8, 4) is 28.1 Å². The van der Waals surface area contributed by atoms with Crippen molar-refractivity contribution in [3.05, 3.63) is 84.4 Å². The first-order chi connectivity index (χ1) is 12.2. The monoisotopic (exact) mass is 325 g/mol. The molecule has 0 aliphatic carbocycles. The van der Waals surface area contributed by atoms with Crippen LogP contribution in [0.3, 0.4) is 0 Å². The van der Waals surface area contributed by atoms with Gasteiger partial charge >= 0.3 is 0 Å². The number of hydrogen-bond acceptors (Lipinski definition) is 2. The van der Waals surface area contributed by atoms with Gasteiger partial charge in [0.1, 0.15) is 5.75 Å². The summed E-state index contributed by atoms with van der Waals surface area (Å²) in [4.78, 5) is 4.89. The van der Waals surface area contributed by atoms with Crippen LogP contribution >= 0.6 is 0 Å². The molecule has 0 N–H and O–H groups in total. The van der Waals surface area contributed by atoms with E-state index in [1.54, 1.807) is 7.11 Å². The molecule has 0 fully saturated rings. The third kappa shape index (κ3) is 2.99. The van der Waals surface area contributed by atoms with Gasteiger partial charge in [0, 0.05) is 10.9 Å². The van der Waals surface area contributed by atoms with Crippen LogP contribution < -0.4 is 4.74 Å². The number of fused-ring (bicyclic) bond motifs is 1. The predicted octanol–water partition coefficient (Wildman–Crippen LogP) is 5.89. The number of aryl methyl sites for hydroxylation is 1. The minimum atomic E-state index is 0.850. The Balaban J connectivity index is 1.96. The first kappa shape index (κ1) is 15.4. The van der Waals surface area contributed by atoms with Crippen LogP contribution in [0.15, 0.2) is 78.9 Å². The summed E-state index contributed by atoms with van der Waals surface area (Å²) in [5.41, 5.74) is 6.72. The van der Waals surface area contributed by atoms with Crippen molar-refractivity contribution in [2.45, 2.75) is 6.92 Å². The van der Waals surface area contributed by atoms with Crippen molar-refractivity contribution < 1.29 is 4.74 Å². The molecule has 2 heteroatoms. The molecule has 0 aliphatic heterocycles. The minimum absolute atomic E-state index is 0.850. The molecule has 0 atom stereocenters. The van der Waals surface area contributed by atoms with Crippen molar-refractivity contribution in [2.24, 2.45) is 0 Å². The van der Waals surface area contributed by atoms with Gasteiger partial charge in [-0.2, -0.15) is 0 Å². The summed E-state index contributed by atoms with van der Waals surface area (Å²) in [5, 5.41) is 1.18. The summed E-state index contributed by atoms with van der Waals surface area (Å²) in [5.74, 6) is 0.850. The summed E-state index contributed by atoms with van der Waals surface area (Å²) in [6.45, 7) is 2.12. The van der Waals surface area contributed by atoms with Gasteiger partial charge in [-0.1, -0.05) is 42.0 Å². The fraction of sp³-hybridized carbons (Fsp3) is 0.0870. The smallest absolute Gasteiger partial charge is 0.118 e. The molecule has 0 radical (unpaired) electrons. The molecule has 0 bridgehead atoms. The standard InChI is InChI=1S/C23H19NO/c1-16-8-13-22-21(14-16)20(17-6-4-3-5-7-17)15-23(24-22)18-9-11-19(25-2)12-10-18/h3-15H,1-2H3. The maximum atomic E-state index is 5.26. The van der Waals surface area contributed by atoms with Gasteiger partial charge in [0.2, 0.25) is 0 Å². The van der Waals surface area contributed by atoms with E-state index in [1.807, 2.05) is 18.2 Å². The zero-order valence-electron chi connectivity index (χ0n) is 14.4. The number of pyridine rings is 1. The van der Waals surface area contributed by atoms with Crippen LogP contribution in [0, 0.1) is 6.92 Å². The Bertz CT molecular complexity index is 1020. The molecule has 0 saturated heterocycles. The van der Waals surface area contributed by atoms with Gasteiger partial charge in [-0.25, -0.2) is 4.98 Å². The van der Waals surface area contributed by atoms with Crippen LogP contribution in [-0.4, -0.2) is 12.1 Å². The molecular weight excluding hydrogens is 306 g/mol. The molecule has 4 aromatic rings. The lowest BCUT2D eigenvalue weighted by molar-refractivity contribution is 0.415. The van der Waals surface area contributed by atoms with Gasteiger partial charge in [-0.15, -0.1) is 0 Å². The van der Waals surface area contributed by atoms with Crippen LogP contribution in [0.4, 0.5) is 0 Å². The van der Waals surface area contributed by atoms with Crippen LogP contribution in [0.1, 0.15) is 5.56 Å². The summed E-state index contributed by atoms with van der Waals surface area (Å²) in [6.07, 6.45) is 0. The Morgan fingerprint density at radius 2 is 1.52 bits per heavy atom. The van der Waals surface area contributed by atoms with Crippen molar-refractivity contribution in [3.63, 3.8) is 0 Å². The van der Waals surface area contributed by atoms with Crippen molar-refractivity contribution in [1.29, 1.82) is 0 Å². The Morgan fingerprint density at radius 3 is 2.24 bits per heavy atom. The van der Waals surface area contributed by atoms with Gasteiger partial charge in [-0.3, -0.25) is 0 Å². The van der Waals surface area contributed by atoms with E-state index in [0.717, 1.165) is 22.5 Å². The van der Waals surface area contributed by atoms with E-state index in [9.17, 15) is 0 Å². The average molecular weight is 325 g/mol. The third-order valence-corrected chi connectivity index (χ3v) is 4.43. The third-order valence-electron chi connectivity index (χ3n) is 4.43. The molecule has 0 aliphatic rings. The second kappa shape index (κ2) is 6.40. The Morgan fingerprint density at radius 1 is 0.760 bits per heavy atom. The van der Waals surface area contributed by atoms with Crippen molar-refractivity contribution in [1.82, 2.24) is 4.98 Å². The molecule has 4 rings (SSSR count). The highest BCUT2D eigenvalue weighted by Gasteiger charge is 2.10. The zero-order valence-corrected chi connectivity index (χ0v) is 14.4. The first-order valence-electron chi connectivity index (χ1n) is 8.36. The number of benzene rings is 3. The molecular formula is C23H19NO. The van der Waals surface area contributed by atoms with Gasteiger partial charge < -0.3 is 4.74 Å². The fourth-order valence-corrected chi connectivity index (χ4v) is 3.11. The summed E-state index contributed by atoms with van der Waals surface area (Å²) in [6, 6.07) is 27.1. The lowest BCUT2D eigenvalue weighted by Crippen LogP contribution is -1.91. The molecule has 3 aromatic carbocycles. The second-order valence-corrected chi connectivity index (χ2v) is 6.17. The summed E-state index contributed by atoms with van der Waals surface area (Å²) >= 11 is 0. The molecule has 1 heterocycles. The molecule has 0 spiro atoms. The molecule has 25 heavy (non-hydrogen) atoms. The van der Waals surface area contributed by atoms with Gasteiger partial charge in [0.15, 0.2) is 0 Å². The first-order valence-corrected chi connectivity index (χ1v) is 8.36. The van der Waals surface area contributed by atoms with E-state index in [-0.39, 0.29) is 0 Å². The Labute approximate surface area is 147 Å². The van der Waals surface area contributed by atoms with Gasteiger partial charge in [0.05, 0.1) is 18.3 Å². The maximum Gasteiger partial charge on any atom is 0.118 e. The van der Waals surface area contributed by atoms with E-state index >= 15 is 0 Å². The van der Waals surface area contributed by atoms with Crippen LogP contribution in [-0.2, 0) is 0 Å². The normalized spacial score (nSPS) is 10.8. The maximum absolute atomic E-state index is 5.26. The summed E-state index contributed by atoms with van der Waals surface area (Å²) < 4.78 is 5.26. The highest BCUT2D eigenvalue weighted by atomic mass is 16.5. The number of nitrogens with zero attached hydrogens (tertiary/aromatic N) is 1. The van der Waals surface area contributed by atoms with E-state index in [2.05, 4.69) is 67.6 Å². The fourth-order valence-electron chi connectivity index (χ4n) is 3.11. The zero-order chi connectivity index (χ0) is 17.2. The largest absolute Gasteiger partial charge is 0.497 e. The van der Waals surface area contributed by atoms with Crippen molar-refractivity contribution in [2.75, 3.05) is 7.11 Å².